The summed E-state index contributed by atoms with van der Waals surface area (Å²) in [5.74, 6) is -1.73. The molecule has 4 nitrogen and oxygen atoms in total. The molecule has 196 valence electrons. The quantitative estimate of drug-likeness (QED) is 0.340. The number of aromatic amines is 1. The molecule has 3 aromatic carbocycles. The molecule has 1 fully saturated rings. The van der Waals surface area contributed by atoms with Crippen LogP contribution in [0.1, 0.15) is 52.9 Å². The molecule has 1 aliphatic carbocycles. The molecule has 0 unspecified atom stereocenters. The van der Waals surface area contributed by atoms with E-state index in [1.54, 1.807) is 0 Å². The van der Waals surface area contributed by atoms with Crippen LogP contribution in [0.5, 0.6) is 0 Å². The molecular weight excluding hydrogens is 480 g/mol. The zero-order valence-electron chi connectivity index (χ0n) is 21.9. The number of H-pyrrole nitrogens is 1. The summed E-state index contributed by atoms with van der Waals surface area (Å²) in [4.78, 5) is 21.8. The topological polar surface area (TPSA) is 39.3 Å². The van der Waals surface area contributed by atoms with Crippen molar-refractivity contribution < 1.29 is 13.6 Å². The van der Waals surface area contributed by atoms with Gasteiger partial charge in [-0.3, -0.25) is 4.79 Å². The van der Waals surface area contributed by atoms with Crippen LogP contribution in [0.4, 0.5) is 8.78 Å². The van der Waals surface area contributed by atoms with Crippen LogP contribution in [0.2, 0.25) is 0 Å². The van der Waals surface area contributed by atoms with Crippen molar-refractivity contribution in [2.75, 3.05) is 20.6 Å². The van der Waals surface area contributed by atoms with E-state index in [0.717, 1.165) is 61.5 Å². The summed E-state index contributed by atoms with van der Waals surface area (Å²) >= 11 is 0. The maximum atomic E-state index is 14.8. The van der Waals surface area contributed by atoms with Gasteiger partial charge in [-0.15, -0.1) is 0 Å². The Hall–Kier alpha value is -3.51. The number of para-hydroxylation sites is 1. The Morgan fingerprint density at radius 3 is 2.39 bits per heavy atom. The minimum Gasteiger partial charge on any atom is -0.356 e. The first-order valence-electron chi connectivity index (χ1n) is 13.4. The summed E-state index contributed by atoms with van der Waals surface area (Å²) in [5.41, 5.74) is 3.77. The van der Waals surface area contributed by atoms with E-state index in [-0.39, 0.29) is 11.1 Å². The number of amides is 1. The lowest BCUT2D eigenvalue weighted by Gasteiger charge is -2.55. The fourth-order valence-electron chi connectivity index (χ4n) is 6.94. The molecule has 1 N–H and O–H groups in total. The van der Waals surface area contributed by atoms with Gasteiger partial charge >= 0.3 is 0 Å². The van der Waals surface area contributed by atoms with Crippen LogP contribution >= 0.6 is 0 Å². The van der Waals surface area contributed by atoms with E-state index in [2.05, 4.69) is 60.4 Å². The molecule has 4 aromatic rings. The molecule has 6 heteroatoms. The van der Waals surface area contributed by atoms with Gasteiger partial charge in [0.25, 0.3) is 5.91 Å². The smallest absolute Gasteiger partial charge is 0.257 e. The van der Waals surface area contributed by atoms with E-state index >= 15 is 0 Å². The van der Waals surface area contributed by atoms with Crippen molar-refractivity contribution in [1.29, 1.82) is 0 Å². The van der Waals surface area contributed by atoms with E-state index in [9.17, 15) is 13.6 Å². The third-order valence-electron chi connectivity index (χ3n) is 9.12. The average Bonchev–Trinajstić information content (AvgIpc) is 3.32. The van der Waals surface area contributed by atoms with Crippen LogP contribution in [0.15, 0.2) is 72.8 Å². The number of nitrogens with one attached hydrogen (secondary N) is 1. The number of hydrogen-bond donors (Lipinski definition) is 1. The number of fused-ring (bicyclic) bond motifs is 4. The Morgan fingerprint density at radius 1 is 0.947 bits per heavy atom. The van der Waals surface area contributed by atoms with Crippen molar-refractivity contribution in [2.24, 2.45) is 0 Å². The Morgan fingerprint density at radius 2 is 1.66 bits per heavy atom. The van der Waals surface area contributed by atoms with Crippen LogP contribution < -0.4 is 0 Å². The first-order chi connectivity index (χ1) is 18.3. The van der Waals surface area contributed by atoms with Crippen molar-refractivity contribution in [3.8, 4) is 0 Å². The second-order valence-electron chi connectivity index (χ2n) is 11.2. The highest BCUT2D eigenvalue weighted by atomic mass is 19.1. The lowest BCUT2D eigenvalue weighted by molar-refractivity contribution is -0.0125. The van der Waals surface area contributed by atoms with Gasteiger partial charge in [0.05, 0.1) is 11.1 Å². The molecule has 1 spiro atoms. The number of nitrogens with zero attached hydrogens (tertiary/aromatic N) is 2. The van der Waals surface area contributed by atoms with Crippen LogP contribution in [0.25, 0.3) is 10.9 Å². The number of benzene rings is 3. The Bertz CT molecular complexity index is 1490. The van der Waals surface area contributed by atoms with Crippen molar-refractivity contribution >= 4 is 16.8 Å². The second-order valence-corrected chi connectivity index (χ2v) is 11.2. The molecule has 0 atom stereocenters. The van der Waals surface area contributed by atoms with Crippen molar-refractivity contribution in [3.05, 3.63) is 107 Å². The maximum Gasteiger partial charge on any atom is 0.257 e. The molecule has 38 heavy (non-hydrogen) atoms. The van der Waals surface area contributed by atoms with Crippen LogP contribution in [-0.2, 0) is 18.4 Å². The molecule has 1 aromatic heterocycles. The third kappa shape index (κ3) is 3.93. The average molecular weight is 514 g/mol. The highest BCUT2D eigenvalue weighted by Gasteiger charge is 2.52. The highest BCUT2D eigenvalue weighted by Crippen LogP contribution is 2.52. The van der Waals surface area contributed by atoms with Gasteiger partial charge in [0, 0.05) is 28.7 Å². The number of carbonyl (C=O) groups excluding carboxylic acids is 1. The van der Waals surface area contributed by atoms with Crippen molar-refractivity contribution in [1.82, 2.24) is 14.8 Å². The van der Waals surface area contributed by atoms with E-state index in [4.69, 9.17) is 0 Å². The van der Waals surface area contributed by atoms with Crippen LogP contribution in [0.3, 0.4) is 0 Å². The molecule has 0 saturated heterocycles. The lowest BCUT2D eigenvalue weighted by atomic mass is 9.65. The summed E-state index contributed by atoms with van der Waals surface area (Å²) < 4.78 is 29.0. The Balaban J connectivity index is 1.44. The summed E-state index contributed by atoms with van der Waals surface area (Å²) in [6, 6.07) is 21.9. The molecular formula is C32H33F2N3O. The monoisotopic (exact) mass is 513 g/mol. The van der Waals surface area contributed by atoms with Gasteiger partial charge in [-0.1, -0.05) is 48.5 Å². The molecule has 6 rings (SSSR count). The van der Waals surface area contributed by atoms with E-state index in [0.29, 0.717) is 13.0 Å². The lowest BCUT2D eigenvalue weighted by Crippen LogP contribution is -2.60. The third-order valence-corrected chi connectivity index (χ3v) is 9.12. The number of carbonyl (C=O) groups is 1. The Kier molecular flexibility index (Phi) is 6.10. The van der Waals surface area contributed by atoms with E-state index in [1.165, 1.54) is 16.5 Å². The first-order valence-corrected chi connectivity index (χ1v) is 13.4. The number of rotatable bonds is 4. The van der Waals surface area contributed by atoms with Gasteiger partial charge in [-0.25, -0.2) is 8.78 Å². The number of halogens is 2. The predicted molar refractivity (Wildman–Crippen MR) is 146 cm³/mol. The molecule has 2 aliphatic rings. The van der Waals surface area contributed by atoms with Crippen LogP contribution in [0, 0.1) is 11.6 Å². The maximum absolute atomic E-state index is 14.8. The van der Waals surface area contributed by atoms with Gasteiger partial charge in [0.2, 0.25) is 0 Å². The number of likely N-dealkylation sites (N-methyl/N-ethyl adjacent to an activating group) is 1. The molecule has 1 aliphatic heterocycles. The first kappa shape index (κ1) is 24.8. The van der Waals surface area contributed by atoms with E-state index < -0.39 is 23.1 Å². The van der Waals surface area contributed by atoms with Gasteiger partial charge < -0.3 is 14.8 Å². The number of aromatic nitrogens is 1. The van der Waals surface area contributed by atoms with Gasteiger partial charge in [-0.2, -0.15) is 0 Å². The molecule has 2 heterocycles. The fourth-order valence-corrected chi connectivity index (χ4v) is 6.94. The zero-order chi connectivity index (χ0) is 26.5. The standard InChI is InChI=1S/C32H33F2N3O/c1-36(2)31(21-22-8-4-3-5-9-22)15-17-32(18-16-31)29-25(24-10-6-7-11-28(24)35-29)14-19-37(32)30(38)26-20-23(33)12-13-27(26)34/h3-13,20,35H,14-19,21H2,1-2H3. The molecule has 1 amide bonds. The molecule has 0 bridgehead atoms. The SMILES string of the molecule is CN(C)C1(Cc2ccccc2)CCC2(CC1)c1[nH]c3ccccc3c1CCN2C(=O)c1cc(F)ccc1F. The normalized spacial score (nSPS) is 23.2. The van der Waals surface area contributed by atoms with Gasteiger partial charge in [0.1, 0.15) is 11.6 Å². The fraction of sp³-hybridized carbons (Fsp3) is 0.344. The minimum atomic E-state index is -0.684. The van der Waals surface area contributed by atoms with E-state index in [1.807, 2.05) is 23.1 Å². The van der Waals surface area contributed by atoms with Gasteiger partial charge in [0.15, 0.2) is 0 Å². The zero-order valence-corrected chi connectivity index (χ0v) is 21.9. The van der Waals surface area contributed by atoms with Gasteiger partial charge in [-0.05, 0) is 88.0 Å². The Labute approximate surface area is 222 Å². The summed E-state index contributed by atoms with van der Waals surface area (Å²) in [6.07, 6.45) is 4.81. The van der Waals surface area contributed by atoms with Crippen LogP contribution in [-0.4, -0.2) is 46.9 Å². The minimum absolute atomic E-state index is 0.0605. The summed E-state index contributed by atoms with van der Waals surface area (Å²) in [6.45, 7) is 0.470. The van der Waals surface area contributed by atoms with Crippen molar-refractivity contribution in [3.63, 3.8) is 0 Å². The highest BCUT2D eigenvalue weighted by molar-refractivity contribution is 5.96. The number of hydrogen-bond acceptors (Lipinski definition) is 2. The summed E-state index contributed by atoms with van der Waals surface area (Å²) in [7, 11) is 4.28. The predicted octanol–water partition coefficient (Wildman–Crippen LogP) is 6.46. The second kappa shape index (κ2) is 9.35. The van der Waals surface area contributed by atoms with Crippen molar-refractivity contribution in [2.45, 2.75) is 49.6 Å². The molecule has 1 saturated carbocycles. The summed E-state index contributed by atoms with van der Waals surface area (Å²) in [5, 5.41) is 1.18. The largest absolute Gasteiger partial charge is 0.356 e. The molecule has 0 radical (unpaired) electrons.